The summed E-state index contributed by atoms with van der Waals surface area (Å²) in [7, 11) is 0. The standard InChI is InChI=1S/C72H60N2/c1-69(2,3)45-33-37-51-52-38-34-46(70(4,5)6)42-64(52)72(63(51)41-45)60-29-17-12-23-50(60)57-43-48(35-39-61(57)72)73(49-36-40-67-58(44-49)54-25-15-19-32-66(54)74(67)47-21-10-9-11-22-47)65-31-18-14-24-53(65)55-27-20-30-62-68(55)56-26-13-16-28-59(56)71(62,7)8/h9-44H,1-8H3. The van der Waals surface area contributed by atoms with Gasteiger partial charge in [-0.3, -0.25) is 0 Å². The van der Waals surface area contributed by atoms with E-state index < -0.39 is 5.41 Å². The maximum atomic E-state index is 2.55. The van der Waals surface area contributed by atoms with Gasteiger partial charge in [0.25, 0.3) is 0 Å². The second-order valence-electron chi connectivity index (χ2n) is 23.7. The van der Waals surface area contributed by atoms with Gasteiger partial charge in [-0.1, -0.05) is 219 Å². The molecule has 0 N–H and O–H groups in total. The van der Waals surface area contributed by atoms with Gasteiger partial charge in [0.2, 0.25) is 0 Å². The molecule has 14 rings (SSSR count). The first-order chi connectivity index (χ1) is 35.7. The van der Waals surface area contributed by atoms with Crippen molar-refractivity contribution in [2.24, 2.45) is 0 Å². The maximum absolute atomic E-state index is 2.55. The van der Waals surface area contributed by atoms with Crippen molar-refractivity contribution in [3.8, 4) is 50.2 Å². The number of benzene rings is 10. The smallest absolute Gasteiger partial charge is 0.0725 e. The van der Waals surface area contributed by atoms with Gasteiger partial charge in [-0.15, -0.1) is 0 Å². The molecule has 1 heterocycles. The molecule has 1 aromatic heterocycles. The Morgan fingerprint density at radius 2 is 0.878 bits per heavy atom. The van der Waals surface area contributed by atoms with Crippen molar-refractivity contribution in [3.63, 3.8) is 0 Å². The van der Waals surface area contributed by atoms with Gasteiger partial charge in [0, 0.05) is 38.8 Å². The monoisotopic (exact) mass is 952 g/mol. The number of nitrogens with zero attached hydrogens (tertiary/aromatic N) is 2. The summed E-state index contributed by atoms with van der Waals surface area (Å²) in [6.45, 7) is 18.8. The van der Waals surface area contributed by atoms with Gasteiger partial charge in [0.15, 0.2) is 0 Å². The molecule has 3 aliphatic rings. The number of fused-ring (bicyclic) bond motifs is 16. The van der Waals surface area contributed by atoms with Crippen LogP contribution in [0.1, 0.15) is 99.9 Å². The van der Waals surface area contributed by atoms with E-state index in [0.717, 1.165) is 22.7 Å². The molecule has 3 aliphatic carbocycles. The van der Waals surface area contributed by atoms with Gasteiger partial charge < -0.3 is 9.47 Å². The molecule has 0 radical (unpaired) electrons. The molecule has 2 heteroatoms. The van der Waals surface area contributed by atoms with E-state index in [2.05, 4.69) is 283 Å². The molecule has 0 atom stereocenters. The fraction of sp³-hybridized carbons (Fsp3) is 0.167. The average molecular weight is 953 g/mol. The average Bonchev–Trinajstić information content (AvgIpc) is 4.18. The normalized spacial score (nSPS) is 14.4. The van der Waals surface area contributed by atoms with Gasteiger partial charge in [0.1, 0.15) is 0 Å². The Morgan fingerprint density at radius 1 is 0.351 bits per heavy atom. The predicted octanol–water partition coefficient (Wildman–Crippen LogP) is 19.2. The van der Waals surface area contributed by atoms with Gasteiger partial charge in [-0.25, -0.2) is 0 Å². The third kappa shape index (κ3) is 6.18. The summed E-state index contributed by atoms with van der Waals surface area (Å²) in [6, 6.07) is 83.3. The third-order valence-corrected chi connectivity index (χ3v) is 17.1. The Balaban J connectivity index is 1.05. The lowest BCUT2D eigenvalue weighted by Gasteiger charge is -2.33. The van der Waals surface area contributed by atoms with Crippen LogP contribution in [0.15, 0.2) is 218 Å². The summed E-state index contributed by atoms with van der Waals surface area (Å²) in [5.74, 6) is 0. The Kier molecular flexibility index (Phi) is 9.41. The molecule has 10 aromatic carbocycles. The molecular weight excluding hydrogens is 893 g/mol. The number of para-hydroxylation sites is 3. The minimum absolute atomic E-state index is 0.0224. The van der Waals surface area contributed by atoms with Crippen LogP contribution in [-0.4, -0.2) is 4.57 Å². The van der Waals surface area contributed by atoms with Crippen LogP contribution in [0.3, 0.4) is 0 Å². The minimum Gasteiger partial charge on any atom is -0.310 e. The highest BCUT2D eigenvalue weighted by Gasteiger charge is 2.52. The molecule has 0 amide bonds. The molecule has 0 bridgehead atoms. The fourth-order valence-corrected chi connectivity index (χ4v) is 13.5. The first-order valence-electron chi connectivity index (χ1n) is 26.5. The largest absolute Gasteiger partial charge is 0.310 e. The van der Waals surface area contributed by atoms with Gasteiger partial charge in [-0.2, -0.15) is 0 Å². The van der Waals surface area contributed by atoms with Crippen molar-refractivity contribution in [1.29, 1.82) is 0 Å². The molecule has 2 nitrogen and oxygen atoms in total. The van der Waals surface area contributed by atoms with Crippen LogP contribution in [-0.2, 0) is 21.7 Å². The van der Waals surface area contributed by atoms with Crippen molar-refractivity contribution in [2.45, 2.75) is 77.0 Å². The molecule has 0 fully saturated rings. The van der Waals surface area contributed by atoms with Crippen LogP contribution in [0.25, 0.3) is 72.0 Å². The predicted molar refractivity (Wildman–Crippen MR) is 312 cm³/mol. The van der Waals surface area contributed by atoms with E-state index in [0.29, 0.717) is 0 Å². The number of rotatable bonds is 5. The lowest BCUT2D eigenvalue weighted by molar-refractivity contribution is 0.586. The Bertz CT molecular complexity index is 4070. The molecule has 1 spiro atoms. The van der Waals surface area contributed by atoms with Crippen molar-refractivity contribution in [2.75, 3.05) is 4.90 Å². The third-order valence-electron chi connectivity index (χ3n) is 17.1. The van der Waals surface area contributed by atoms with E-state index in [-0.39, 0.29) is 16.2 Å². The molecule has 0 saturated heterocycles. The second kappa shape index (κ2) is 15.7. The van der Waals surface area contributed by atoms with E-state index in [1.165, 1.54) is 111 Å². The van der Waals surface area contributed by atoms with E-state index in [1.54, 1.807) is 0 Å². The van der Waals surface area contributed by atoms with Crippen LogP contribution in [0.5, 0.6) is 0 Å². The number of aromatic nitrogens is 1. The van der Waals surface area contributed by atoms with Crippen molar-refractivity contribution >= 4 is 38.9 Å². The molecular formula is C72H60N2. The minimum atomic E-state index is -0.497. The Labute approximate surface area is 436 Å². The van der Waals surface area contributed by atoms with Gasteiger partial charge in [0.05, 0.1) is 22.1 Å². The van der Waals surface area contributed by atoms with Crippen LogP contribution >= 0.6 is 0 Å². The summed E-state index contributed by atoms with van der Waals surface area (Å²) < 4.78 is 2.42. The SMILES string of the molecule is CC(C)(C)c1ccc2c(c1)C1(c3ccccc3-c3cc(N(c4ccc5c(c4)c4ccccc4n5-c4ccccc4)c4ccccc4-c4cccc5c4-c4ccccc4C5(C)C)ccc31)c1cc(C(C)(C)C)ccc1-2. The van der Waals surface area contributed by atoms with Crippen LogP contribution < -0.4 is 4.90 Å². The van der Waals surface area contributed by atoms with Crippen LogP contribution in [0, 0.1) is 0 Å². The Morgan fingerprint density at radius 3 is 1.59 bits per heavy atom. The zero-order valence-electron chi connectivity index (χ0n) is 43.7. The van der Waals surface area contributed by atoms with Crippen molar-refractivity contribution in [3.05, 3.63) is 263 Å². The van der Waals surface area contributed by atoms with Crippen LogP contribution in [0.4, 0.5) is 17.1 Å². The maximum Gasteiger partial charge on any atom is 0.0725 e. The van der Waals surface area contributed by atoms with E-state index in [1.807, 2.05) is 0 Å². The number of hydrogen-bond acceptors (Lipinski definition) is 1. The van der Waals surface area contributed by atoms with Crippen molar-refractivity contribution < 1.29 is 0 Å². The van der Waals surface area contributed by atoms with Gasteiger partial charge >= 0.3 is 0 Å². The van der Waals surface area contributed by atoms with E-state index >= 15 is 0 Å². The van der Waals surface area contributed by atoms with E-state index in [4.69, 9.17) is 0 Å². The highest BCUT2D eigenvalue weighted by atomic mass is 15.1. The lowest BCUT2D eigenvalue weighted by Crippen LogP contribution is -2.27. The quantitative estimate of drug-likeness (QED) is 0.167. The van der Waals surface area contributed by atoms with Gasteiger partial charge in [-0.05, 0) is 149 Å². The number of hydrogen-bond donors (Lipinski definition) is 0. The first-order valence-corrected chi connectivity index (χ1v) is 26.5. The zero-order chi connectivity index (χ0) is 50.5. The topological polar surface area (TPSA) is 8.17 Å². The van der Waals surface area contributed by atoms with E-state index in [9.17, 15) is 0 Å². The van der Waals surface area contributed by atoms with Crippen LogP contribution in [0.2, 0.25) is 0 Å². The number of anilines is 3. The molecule has 74 heavy (non-hydrogen) atoms. The molecule has 358 valence electrons. The molecule has 0 saturated carbocycles. The Hall–Kier alpha value is -8.20. The fourth-order valence-electron chi connectivity index (χ4n) is 13.5. The summed E-state index contributed by atoms with van der Waals surface area (Å²) >= 11 is 0. The first kappa shape index (κ1) is 44.5. The zero-order valence-corrected chi connectivity index (χ0v) is 43.7. The highest BCUT2D eigenvalue weighted by Crippen LogP contribution is 2.64. The summed E-state index contributed by atoms with van der Waals surface area (Å²) in [5, 5.41) is 2.45. The molecule has 0 unspecified atom stereocenters. The summed E-state index contributed by atoms with van der Waals surface area (Å²) in [4.78, 5) is 2.55. The summed E-state index contributed by atoms with van der Waals surface area (Å²) in [5.41, 5.74) is 27.5. The highest BCUT2D eigenvalue weighted by molar-refractivity contribution is 6.11. The second-order valence-corrected chi connectivity index (χ2v) is 23.7. The van der Waals surface area contributed by atoms with Crippen molar-refractivity contribution in [1.82, 2.24) is 4.57 Å². The molecule has 0 aliphatic heterocycles. The lowest BCUT2D eigenvalue weighted by atomic mass is 9.69. The summed E-state index contributed by atoms with van der Waals surface area (Å²) in [6.07, 6.45) is 0. The molecule has 11 aromatic rings.